The van der Waals surface area contributed by atoms with E-state index in [1.807, 2.05) is 0 Å². The number of rotatable bonds is 2. The Kier molecular flexibility index (Phi) is 5.55. The average Bonchev–Trinajstić information content (AvgIpc) is 2.17. The summed E-state index contributed by atoms with van der Waals surface area (Å²) in [6.45, 7) is 1.86. The number of esters is 1. The number of carbonyl (C=O) groups is 1. The summed E-state index contributed by atoms with van der Waals surface area (Å²) in [7, 11) is 0. The molecule has 0 amide bonds. The third-order valence-electron chi connectivity index (χ3n) is 2.67. The largest absolute Gasteiger partial charge is 0.465 e. The van der Waals surface area contributed by atoms with Crippen molar-refractivity contribution >= 4 is 18.4 Å². The van der Waals surface area contributed by atoms with Gasteiger partial charge in [-0.25, -0.2) is 0 Å². The first kappa shape index (κ1) is 15.5. The fourth-order valence-electron chi connectivity index (χ4n) is 1.73. The second kappa shape index (κ2) is 5.72. The lowest BCUT2D eigenvalue weighted by Crippen LogP contribution is -2.52. The number of alkyl halides is 3. The maximum absolute atomic E-state index is 12.8. The summed E-state index contributed by atoms with van der Waals surface area (Å²) in [5.74, 6) is -1.14. The minimum absolute atomic E-state index is 0. The van der Waals surface area contributed by atoms with Crippen molar-refractivity contribution in [1.82, 2.24) is 5.32 Å². The second-order valence-electron chi connectivity index (χ2n) is 3.55. The minimum Gasteiger partial charge on any atom is -0.465 e. The topological polar surface area (TPSA) is 38.3 Å². The molecule has 0 atom stereocenters. The van der Waals surface area contributed by atoms with E-state index in [-0.39, 0.29) is 44.9 Å². The predicted molar refractivity (Wildman–Crippen MR) is 54.5 cm³/mol. The zero-order valence-electron chi connectivity index (χ0n) is 8.89. The van der Waals surface area contributed by atoms with Crippen LogP contribution >= 0.6 is 12.4 Å². The standard InChI is InChI=1S/C9H14F3NO2.ClH/c1-2-15-7(14)8(9(10,11)12)3-5-13-6-4-8;/h13H,2-6H2,1H3;1H. The van der Waals surface area contributed by atoms with Crippen molar-refractivity contribution in [3.05, 3.63) is 0 Å². The maximum Gasteiger partial charge on any atom is 0.405 e. The van der Waals surface area contributed by atoms with Gasteiger partial charge in [-0.2, -0.15) is 13.2 Å². The summed E-state index contributed by atoms with van der Waals surface area (Å²) in [6, 6.07) is 0. The van der Waals surface area contributed by atoms with Crippen LogP contribution in [0.3, 0.4) is 0 Å². The van der Waals surface area contributed by atoms with Crippen molar-refractivity contribution < 1.29 is 22.7 Å². The molecule has 0 radical (unpaired) electrons. The molecule has 0 spiro atoms. The zero-order chi connectivity index (χ0) is 11.5. The highest BCUT2D eigenvalue weighted by atomic mass is 35.5. The lowest BCUT2D eigenvalue weighted by Gasteiger charge is -2.36. The molecule has 1 fully saturated rings. The number of carbonyl (C=O) groups excluding carboxylic acids is 1. The van der Waals surface area contributed by atoms with Crippen LogP contribution < -0.4 is 5.32 Å². The highest BCUT2D eigenvalue weighted by Gasteiger charge is 2.61. The Morgan fingerprint density at radius 2 is 1.88 bits per heavy atom. The molecule has 0 aromatic heterocycles. The van der Waals surface area contributed by atoms with Gasteiger partial charge in [0.1, 0.15) is 0 Å². The molecule has 1 aliphatic rings. The SMILES string of the molecule is CCOC(=O)C1(C(F)(F)F)CCNCC1.Cl. The van der Waals surface area contributed by atoms with E-state index in [1.165, 1.54) is 6.92 Å². The molecule has 0 bridgehead atoms. The molecule has 7 heteroatoms. The molecule has 1 heterocycles. The van der Waals surface area contributed by atoms with Crippen molar-refractivity contribution in [2.24, 2.45) is 5.41 Å². The molecule has 1 rings (SSSR count). The van der Waals surface area contributed by atoms with Crippen LogP contribution in [0.1, 0.15) is 19.8 Å². The van der Waals surface area contributed by atoms with E-state index in [4.69, 9.17) is 0 Å². The molecule has 0 aromatic carbocycles. The first-order valence-corrected chi connectivity index (χ1v) is 4.89. The third kappa shape index (κ3) is 2.79. The van der Waals surface area contributed by atoms with Gasteiger partial charge in [-0.3, -0.25) is 4.79 Å². The highest BCUT2D eigenvalue weighted by Crippen LogP contribution is 2.45. The van der Waals surface area contributed by atoms with E-state index >= 15 is 0 Å². The van der Waals surface area contributed by atoms with E-state index in [2.05, 4.69) is 10.1 Å². The van der Waals surface area contributed by atoms with E-state index < -0.39 is 17.6 Å². The van der Waals surface area contributed by atoms with Gasteiger partial charge in [0.05, 0.1) is 6.61 Å². The zero-order valence-corrected chi connectivity index (χ0v) is 9.71. The maximum atomic E-state index is 12.8. The molecular weight excluding hydrogens is 247 g/mol. The molecule has 96 valence electrons. The van der Waals surface area contributed by atoms with E-state index in [0.29, 0.717) is 0 Å². The van der Waals surface area contributed by atoms with Crippen molar-refractivity contribution in [2.75, 3.05) is 19.7 Å². The van der Waals surface area contributed by atoms with Crippen LogP contribution in [0.4, 0.5) is 13.2 Å². The molecule has 1 aliphatic heterocycles. The second-order valence-corrected chi connectivity index (χ2v) is 3.55. The van der Waals surface area contributed by atoms with Gasteiger partial charge in [-0.05, 0) is 32.9 Å². The predicted octanol–water partition coefficient (Wildman–Crippen LogP) is 1.90. The van der Waals surface area contributed by atoms with Crippen LogP contribution in [-0.4, -0.2) is 31.8 Å². The molecule has 0 aliphatic carbocycles. The first-order chi connectivity index (χ1) is 6.94. The first-order valence-electron chi connectivity index (χ1n) is 4.89. The monoisotopic (exact) mass is 261 g/mol. The summed E-state index contributed by atoms with van der Waals surface area (Å²) in [5.41, 5.74) is -2.30. The molecular formula is C9H15ClF3NO2. The molecule has 1 N–H and O–H groups in total. The molecule has 0 unspecified atom stereocenters. The van der Waals surface area contributed by atoms with Gasteiger partial charge in [0, 0.05) is 0 Å². The van der Waals surface area contributed by atoms with E-state index in [0.717, 1.165) is 0 Å². The molecule has 0 saturated carbocycles. The number of hydrogen-bond donors (Lipinski definition) is 1. The van der Waals surface area contributed by atoms with Gasteiger partial charge in [-0.15, -0.1) is 12.4 Å². The normalized spacial score (nSPS) is 19.8. The van der Waals surface area contributed by atoms with Crippen LogP contribution in [-0.2, 0) is 9.53 Å². The van der Waals surface area contributed by atoms with Gasteiger partial charge in [0.15, 0.2) is 5.41 Å². The number of halogens is 4. The lowest BCUT2D eigenvalue weighted by molar-refractivity contribution is -0.240. The van der Waals surface area contributed by atoms with Gasteiger partial charge < -0.3 is 10.1 Å². The van der Waals surface area contributed by atoms with Crippen molar-refractivity contribution in [2.45, 2.75) is 25.9 Å². The molecule has 0 aromatic rings. The molecule has 16 heavy (non-hydrogen) atoms. The van der Waals surface area contributed by atoms with Crippen LogP contribution in [0.25, 0.3) is 0 Å². The van der Waals surface area contributed by atoms with Crippen molar-refractivity contribution in [3.8, 4) is 0 Å². The summed E-state index contributed by atoms with van der Waals surface area (Å²) in [5, 5.41) is 2.80. The van der Waals surface area contributed by atoms with Gasteiger partial charge >= 0.3 is 12.1 Å². The minimum atomic E-state index is -4.53. The summed E-state index contributed by atoms with van der Waals surface area (Å²) < 4.78 is 43.0. The number of hydrogen-bond acceptors (Lipinski definition) is 3. The van der Waals surface area contributed by atoms with Crippen LogP contribution in [0.15, 0.2) is 0 Å². The number of piperidine rings is 1. The summed E-state index contributed by atoms with van der Waals surface area (Å²) in [4.78, 5) is 11.4. The van der Waals surface area contributed by atoms with Crippen LogP contribution in [0.2, 0.25) is 0 Å². The van der Waals surface area contributed by atoms with Crippen molar-refractivity contribution in [1.29, 1.82) is 0 Å². The van der Waals surface area contributed by atoms with Crippen molar-refractivity contribution in [3.63, 3.8) is 0 Å². The smallest absolute Gasteiger partial charge is 0.405 e. The van der Waals surface area contributed by atoms with Crippen LogP contribution in [0.5, 0.6) is 0 Å². The Bertz CT molecular complexity index is 239. The van der Waals surface area contributed by atoms with Gasteiger partial charge in [-0.1, -0.05) is 0 Å². The summed E-state index contributed by atoms with van der Waals surface area (Å²) >= 11 is 0. The number of ether oxygens (including phenoxy) is 1. The highest BCUT2D eigenvalue weighted by molar-refractivity contribution is 5.85. The molecule has 3 nitrogen and oxygen atoms in total. The Morgan fingerprint density at radius 3 is 2.25 bits per heavy atom. The third-order valence-corrected chi connectivity index (χ3v) is 2.67. The fourth-order valence-corrected chi connectivity index (χ4v) is 1.73. The van der Waals surface area contributed by atoms with Gasteiger partial charge in [0.25, 0.3) is 0 Å². The Hall–Kier alpha value is -0.490. The lowest BCUT2D eigenvalue weighted by atomic mass is 9.78. The summed E-state index contributed by atoms with van der Waals surface area (Å²) in [6.07, 6.45) is -5.01. The van der Waals surface area contributed by atoms with Crippen LogP contribution in [0, 0.1) is 5.41 Å². The fraction of sp³-hybridized carbons (Fsp3) is 0.889. The Labute approximate surface area is 98.1 Å². The van der Waals surface area contributed by atoms with E-state index in [9.17, 15) is 18.0 Å². The quantitative estimate of drug-likeness (QED) is 0.772. The van der Waals surface area contributed by atoms with Gasteiger partial charge in [0.2, 0.25) is 0 Å². The van der Waals surface area contributed by atoms with E-state index in [1.54, 1.807) is 0 Å². The Morgan fingerprint density at radius 1 is 1.38 bits per heavy atom. The molecule has 1 saturated heterocycles. The average molecular weight is 262 g/mol. The Balaban J connectivity index is 0.00000225. The number of nitrogens with one attached hydrogen (secondary N) is 1.